The molecule has 1 amide bonds. The molecule has 1 aliphatic rings. The van der Waals surface area contributed by atoms with Gasteiger partial charge in [0.05, 0.1) is 32.0 Å². The summed E-state index contributed by atoms with van der Waals surface area (Å²) in [5.41, 5.74) is 0. The van der Waals surface area contributed by atoms with Crippen molar-refractivity contribution < 1.29 is 49.3 Å². The van der Waals surface area contributed by atoms with Crippen LogP contribution < -0.4 is 5.32 Å². The van der Waals surface area contributed by atoms with Gasteiger partial charge in [-0.05, 0) is 83.5 Å². The van der Waals surface area contributed by atoms with E-state index in [9.17, 15) is 35.1 Å². The molecule has 78 heavy (non-hydrogen) atoms. The van der Waals surface area contributed by atoms with E-state index in [1.165, 1.54) is 231 Å². The molecule has 7 atom stereocenters. The van der Waals surface area contributed by atoms with Gasteiger partial charge < -0.3 is 45.1 Å². The van der Waals surface area contributed by atoms with Crippen LogP contribution >= 0.6 is 0 Å². The number of esters is 1. The van der Waals surface area contributed by atoms with Gasteiger partial charge in [-0.1, -0.05) is 256 Å². The summed E-state index contributed by atoms with van der Waals surface area (Å²) in [6.45, 7) is 4.32. The van der Waals surface area contributed by atoms with Crippen LogP contribution in [0, 0.1) is 0 Å². The van der Waals surface area contributed by atoms with Gasteiger partial charge in [-0.3, -0.25) is 9.59 Å². The van der Waals surface area contributed by atoms with Gasteiger partial charge in [0.15, 0.2) is 6.29 Å². The van der Waals surface area contributed by atoms with Crippen LogP contribution in [0.4, 0.5) is 0 Å². The van der Waals surface area contributed by atoms with E-state index in [-0.39, 0.29) is 18.5 Å². The fraction of sp³-hybridized carbons (Fsp3) is 0.881. The first kappa shape index (κ1) is 73.9. The molecule has 1 heterocycles. The Morgan fingerprint density at radius 1 is 0.462 bits per heavy atom. The second-order valence-corrected chi connectivity index (χ2v) is 23.2. The van der Waals surface area contributed by atoms with Crippen LogP contribution in [0.1, 0.15) is 316 Å². The summed E-state index contributed by atoms with van der Waals surface area (Å²) < 4.78 is 16.7. The Kier molecular flexibility index (Phi) is 53.7. The topological polar surface area (TPSA) is 175 Å². The van der Waals surface area contributed by atoms with E-state index < -0.39 is 49.5 Å². The first-order valence-electron chi connectivity index (χ1n) is 33.3. The minimum absolute atomic E-state index is 0.00304. The summed E-state index contributed by atoms with van der Waals surface area (Å²) in [7, 11) is 0. The predicted octanol–water partition coefficient (Wildman–Crippen LogP) is 16.2. The Labute approximate surface area is 479 Å². The normalized spacial score (nSPS) is 18.7. The van der Waals surface area contributed by atoms with Crippen molar-refractivity contribution in [2.24, 2.45) is 0 Å². The Morgan fingerprint density at radius 2 is 0.821 bits per heavy atom. The van der Waals surface area contributed by atoms with Gasteiger partial charge in [0.2, 0.25) is 5.91 Å². The highest BCUT2D eigenvalue weighted by molar-refractivity contribution is 5.76. The number of ether oxygens (including phenoxy) is 3. The van der Waals surface area contributed by atoms with Gasteiger partial charge in [-0.2, -0.15) is 0 Å². The second-order valence-electron chi connectivity index (χ2n) is 23.2. The molecule has 11 nitrogen and oxygen atoms in total. The number of hydrogen-bond donors (Lipinski definition) is 6. The highest BCUT2D eigenvalue weighted by atomic mass is 16.7. The molecule has 11 heteroatoms. The van der Waals surface area contributed by atoms with Gasteiger partial charge in [-0.25, -0.2) is 0 Å². The Balaban J connectivity index is 1.95. The smallest absolute Gasteiger partial charge is 0.305 e. The summed E-state index contributed by atoms with van der Waals surface area (Å²) in [4.78, 5) is 25.1. The van der Waals surface area contributed by atoms with E-state index in [0.29, 0.717) is 19.4 Å². The zero-order chi connectivity index (χ0) is 56.6. The summed E-state index contributed by atoms with van der Waals surface area (Å²) in [5, 5.41) is 54.2. The van der Waals surface area contributed by atoms with Crippen LogP contribution in [0.2, 0.25) is 0 Å². The number of carbonyl (C=O) groups is 2. The van der Waals surface area contributed by atoms with E-state index in [0.717, 1.165) is 57.8 Å². The van der Waals surface area contributed by atoms with Gasteiger partial charge in [-0.15, -0.1) is 0 Å². The van der Waals surface area contributed by atoms with Crippen LogP contribution in [0.5, 0.6) is 0 Å². The Hall–Kier alpha value is -2.12. The number of aliphatic hydroxyl groups is 5. The molecule has 0 aromatic carbocycles. The summed E-state index contributed by atoms with van der Waals surface area (Å²) >= 11 is 0. The van der Waals surface area contributed by atoms with Crippen molar-refractivity contribution in [3.05, 3.63) is 36.5 Å². The van der Waals surface area contributed by atoms with Gasteiger partial charge >= 0.3 is 5.97 Å². The molecular weight excluding hydrogens is 979 g/mol. The number of hydrogen-bond acceptors (Lipinski definition) is 10. The van der Waals surface area contributed by atoms with Gasteiger partial charge in [0, 0.05) is 12.8 Å². The molecule has 6 N–H and O–H groups in total. The lowest BCUT2D eigenvalue weighted by Crippen LogP contribution is -2.60. The molecule has 1 aliphatic heterocycles. The monoisotopic (exact) mass is 1100 g/mol. The number of carbonyl (C=O) groups excluding carboxylic acids is 2. The number of rotatable bonds is 58. The van der Waals surface area contributed by atoms with Crippen LogP contribution in [0.3, 0.4) is 0 Å². The SMILES string of the molecule is CCCCCCC/C=C\CCCCCCCC(=O)OCCCCCCCCCCCCCC/C=C\CCCCCCCCCCCCCC(=O)NC(COC1OC(CO)C(O)C(O)C1O)C(O)/C=C/CCCCCCCCC. The Morgan fingerprint density at radius 3 is 1.23 bits per heavy atom. The van der Waals surface area contributed by atoms with Crippen LogP contribution in [0.15, 0.2) is 36.5 Å². The quantitative estimate of drug-likeness (QED) is 0.0195. The van der Waals surface area contributed by atoms with Crippen molar-refractivity contribution in [1.82, 2.24) is 5.32 Å². The molecule has 0 saturated carbocycles. The maximum absolute atomic E-state index is 13.0. The summed E-state index contributed by atoms with van der Waals surface area (Å²) in [5.74, 6) is -0.187. The maximum atomic E-state index is 13.0. The van der Waals surface area contributed by atoms with Gasteiger partial charge in [0.25, 0.3) is 0 Å². The average molecular weight is 1100 g/mol. The molecule has 0 bridgehead atoms. The molecule has 1 rings (SSSR count). The number of unbranched alkanes of at least 4 members (excludes halogenated alkanes) is 40. The van der Waals surface area contributed by atoms with Crippen molar-refractivity contribution in [1.29, 1.82) is 0 Å². The number of amides is 1. The lowest BCUT2D eigenvalue weighted by molar-refractivity contribution is -0.302. The molecule has 0 aromatic rings. The molecule has 7 unspecified atom stereocenters. The minimum Gasteiger partial charge on any atom is -0.466 e. The minimum atomic E-state index is -1.57. The molecule has 458 valence electrons. The maximum Gasteiger partial charge on any atom is 0.305 e. The lowest BCUT2D eigenvalue weighted by Gasteiger charge is -2.40. The molecule has 0 spiro atoms. The third kappa shape index (κ3) is 45.5. The van der Waals surface area contributed by atoms with E-state index in [1.807, 2.05) is 6.08 Å². The largest absolute Gasteiger partial charge is 0.466 e. The molecule has 0 aliphatic carbocycles. The van der Waals surface area contributed by atoms with Crippen molar-refractivity contribution in [2.45, 2.75) is 358 Å². The van der Waals surface area contributed by atoms with Crippen molar-refractivity contribution in [3.8, 4) is 0 Å². The third-order valence-corrected chi connectivity index (χ3v) is 15.7. The van der Waals surface area contributed by atoms with E-state index in [1.54, 1.807) is 6.08 Å². The van der Waals surface area contributed by atoms with Crippen LogP contribution in [0.25, 0.3) is 0 Å². The van der Waals surface area contributed by atoms with E-state index >= 15 is 0 Å². The van der Waals surface area contributed by atoms with Crippen molar-refractivity contribution in [2.75, 3.05) is 19.8 Å². The highest BCUT2D eigenvalue weighted by Gasteiger charge is 2.44. The third-order valence-electron chi connectivity index (χ3n) is 15.7. The van der Waals surface area contributed by atoms with Crippen LogP contribution in [-0.2, 0) is 23.8 Å². The van der Waals surface area contributed by atoms with Gasteiger partial charge in [0.1, 0.15) is 24.4 Å². The van der Waals surface area contributed by atoms with E-state index in [2.05, 4.69) is 43.5 Å². The molecule has 1 fully saturated rings. The first-order chi connectivity index (χ1) is 38.2. The molecule has 0 radical (unpaired) electrons. The summed E-state index contributed by atoms with van der Waals surface area (Å²) in [6.07, 6.45) is 61.3. The lowest BCUT2D eigenvalue weighted by atomic mass is 9.99. The standard InChI is InChI=1S/C67H125NO10/c1-3-5-7-9-11-13-14-15-32-35-39-43-47-51-55-63(72)76-56-52-48-44-40-36-33-30-28-26-24-22-20-18-16-17-19-21-23-25-27-29-31-34-38-42-46-50-54-62(71)68-59(60(70)53-49-45-41-37-12-10-8-6-4-2)58-77-67-66(75)65(74)64(73)61(57-69)78-67/h14-17,49,53,59-61,64-67,69-70,73-75H,3-13,18-48,50-52,54-58H2,1-2H3,(H,68,71)/b15-14-,17-16-,53-49+. The fourth-order valence-electron chi connectivity index (χ4n) is 10.4. The van der Waals surface area contributed by atoms with Crippen LogP contribution in [-0.4, -0.2) is 100 Å². The molecular formula is C67H125NO10. The Bertz CT molecular complexity index is 1390. The fourth-order valence-corrected chi connectivity index (χ4v) is 10.4. The number of allylic oxidation sites excluding steroid dienone is 5. The zero-order valence-electron chi connectivity index (χ0n) is 50.6. The zero-order valence-corrected chi connectivity index (χ0v) is 50.6. The first-order valence-corrected chi connectivity index (χ1v) is 33.3. The highest BCUT2D eigenvalue weighted by Crippen LogP contribution is 2.23. The molecule has 0 aromatic heterocycles. The number of nitrogens with one attached hydrogen (secondary N) is 1. The van der Waals surface area contributed by atoms with E-state index in [4.69, 9.17) is 14.2 Å². The number of aliphatic hydroxyl groups excluding tert-OH is 5. The molecule has 1 saturated heterocycles. The van der Waals surface area contributed by atoms with Crippen molar-refractivity contribution >= 4 is 11.9 Å². The predicted molar refractivity (Wildman–Crippen MR) is 324 cm³/mol. The second kappa shape index (κ2) is 56.7. The average Bonchev–Trinajstić information content (AvgIpc) is 3.44. The van der Waals surface area contributed by atoms with Crippen molar-refractivity contribution in [3.63, 3.8) is 0 Å². The summed E-state index contributed by atoms with van der Waals surface area (Å²) in [6, 6.07) is -0.809.